The van der Waals surface area contributed by atoms with Crippen molar-refractivity contribution < 1.29 is 9.18 Å². The highest BCUT2D eigenvalue weighted by Gasteiger charge is 2.39. The molecule has 2 amide bonds. The Labute approximate surface area is 99.0 Å². The van der Waals surface area contributed by atoms with Gasteiger partial charge in [0.25, 0.3) is 0 Å². The zero-order chi connectivity index (χ0) is 11.8. The molecule has 4 nitrogen and oxygen atoms in total. The van der Waals surface area contributed by atoms with Gasteiger partial charge in [-0.25, -0.2) is 9.18 Å². The van der Waals surface area contributed by atoms with Crippen molar-refractivity contribution in [3.05, 3.63) is 30.1 Å². The van der Waals surface area contributed by atoms with Gasteiger partial charge in [-0.05, 0) is 12.1 Å². The van der Waals surface area contributed by atoms with E-state index < -0.39 is 0 Å². The quantitative estimate of drug-likeness (QED) is 0.789. The Morgan fingerprint density at radius 3 is 2.94 bits per heavy atom. The lowest BCUT2D eigenvalue weighted by molar-refractivity contribution is 0.193. The highest BCUT2D eigenvalue weighted by molar-refractivity contribution is 5.94. The Morgan fingerprint density at radius 1 is 1.35 bits per heavy atom. The molecule has 5 heteroatoms. The highest BCUT2D eigenvalue weighted by Crippen LogP contribution is 2.26. The summed E-state index contributed by atoms with van der Waals surface area (Å²) in [6, 6.07) is 6.50. The third-order valence-electron chi connectivity index (χ3n) is 3.36. The fourth-order valence-electron chi connectivity index (χ4n) is 2.49. The van der Waals surface area contributed by atoms with E-state index in [4.69, 9.17) is 0 Å². The molecule has 2 heterocycles. The molecule has 0 bridgehead atoms. The van der Waals surface area contributed by atoms with Gasteiger partial charge in [0.05, 0.1) is 11.7 Å². The van der Waals surface area contributed by atoms with E-state index in [0.717, 1.165) is 13.1 Å². The number of piperazine rings is 1. The van der Waals surface area contributed by atoms with Crippen LogP contribution in [-0.2, 0) is 0 Å². The smallest absolute Gasteiger partial charge is 0.317 e. The molecule has 0 radical (unpaired) electrons. The first-order chi connectivity index (χ1) is 8.27. The van der Waals surface area contributed by atoms with Crippen LogP contribution in [-0.4, -0.2) is 43.2 Å². The maximum atomic E-state index is 13.7. The van der Waals surface area contributed by atoms with Gasteiger partial charge in [-0.3, -0.25) is 4.90 Å². The van der Waals surface area contributed by atoms with Crippen molar-refractivity contribution in [1.29, 1.82) is 0 Å². The third kappa shape index (κ3) is 1.67. The topological polar surface area (TPSA) is 35.6 Å². The molecule has 0 spiro atoms. The van der Waals surface area contributed by atoms with Crippen LogP contribution in [0.5, 0.6) is 0 Å². The number of anilines is 1. The number of hydrogen-bond acceptors (Lipinski definition) is 2. The predicted molar refractivity (Wildman–Crippen MR) is 62.5 cm³/mol. The Bertz CT molecular complexity index is 451. The van der Waals surface area contributed by atoms with E-state index in [1.54, 1.807) is 18.2 Å². The molecule has 3 rings (SSSR count). The first-order valence-electron chi connectivity index (χ1n) is 5.81. The SMILES string of the molecule is O=C1N(c2ccccc2F)CC2CNCCN12. The minimum Gasteiger partial charge on any atom is -0.317 e. The lowest BCUT2D eigenvalue weighted by atomic mass is 10.2. The van der Waals surface area contributed by atoms with E-state index >= 15 is 0 Å². The minimum absolute atomic E-state index is 0.0819. The molecule has 2 aliphatic rings. The van der Waals surface area contributed by atoms with Crippen LogP contribution >= 0.6 is 0 Å². The summed E-state index contributed by atoms with van der Waals surface area (Å²) in [5, 5.41) is 3.25. The molecule has 2 fully saturated rings. The Morgan fingerprint density at radius 2 is 2.18 bits per heavy atom. The molecule has 1 unspecified atom stereocenters. The number of rotatable bonds is 1. The molecule has 1 N–H and O–H groups in total. The average molecular weight is 235 g/mol. The Kier molecular flexibility index (Phi) is 2.48. The van der Waals surface area contributed by atoms with Gasteiger partial charge in [0.1, 0.15) is 5.82 Å². The lowest BCUT2D eigenvalue weighted by Gasteiger charge is -2.28. The number of carbonyl (C=O) groups excluding carboxylic acids is 1. The van der Waals surface area contributed by atoms with Crippen LogP contribution in [0.25, 0.3) is 0 Å². The van der Waals surface area contributed by atoms with Gasteiger partial charge in [-0.15, -0.1) is 0 Å². The van der Waals surface area contributed by atoms with E-state index in [2.05, 4.69) is 5.32 Å². The Hall–Kier alpha value is -1.62. The summed E-state index contributed by atoms with van der Waals surface area (Å²) >= 11 is 0. The van der Waals surface area contributed by atoms with Crippen molar-refractivity contribution in [1.82, 2.24) is 10.2 Å². The number of nitrogens with zero attached hydrogens (tertiary/aromatic N) is 2. The summed E-state index contributed by atoms with van der Waals surface area (Å²) in [7, 11) is 0. The summed E-state index contributed by atoms with van der Waals surface area (Å²) in [5.41, 5.74) is 0.381. The number of fused-ring (bicyclic) bond motifs is 1. The molecule has 2 saturated heterocycles. The van der Waals surface area contributed by atoms with Crippen LogP contribution in [0.4, 0.5) is 14.9 Å². The van der Waals surface area contributed by atoms with Gasteiger partial charge in [-0.1, -0.05) is 12.1 Å². The molecule has 1 aromatic rings. The normalized spacial score (nSPS) is 24.1. The predicted octanol–water partition coefficient (Wildman–Crippen LogP) is 1.04. The fourth-order valence-corrected chi connectivity index (χ4v) is 2.49. The zero-order valence-electron chi connectivity index (χ0n) is 9.40. The number of halogens is 1. The van der Waals surface area contributed by atoms with Gasteiger partial charge in [0.2, 0.25) is 0 Å². The third-order valence-corrected chi connectivity index (χ3v) is 3.36. The Balaban J connectivity index is 1.90. The second-order valence-electron chi connectivity index (χ2n) is 4.40. The molecule has 17 heavy (non-hydrogen) atoms. The van der Waals surface area contributed by atoms with Gasteiger partial charge in [0, 0.05) is 26.2 Å². The minimum atomic E-state index is -0.339. The molecular formula is C12H14FN3O. The second kappa shape index (κ2) is 4.00. The van der Waals surface area contributed by atoms with Crippen LogP contribution in [0.1, 0.15) is 0 Å². The number of urea groups is 1. The van der Waals surface area contributed by atoms with Crippen LogP contribution in [0.15, 0.2) is 24.3 Å². The van der Waals surface area contributed by atoms with Crippen LogP contribution in [0.3, 0.4) is 0 Å². The van der Waals surface area contributed by atoms with Crippen LogP contribution in [0, 0.1) is 5.82 Å². The van der Waals surface area contributed by atoms with E-state index in [0.29, 0.717) is 18.8 Å². The first-order valence-corrected chi connectivity index (χ1v) is 5.81. The van der Waals surface area contributed by atoms with E-state index in [1.165, 1.54) is 11.0 Å². The molecule has 0 aromatic heterocycles. The maximum Gasteiger partial charge on any atom is 0.325 e. The summed E-state index contributed by atoms with van der Waals surface area (Å²) in [4.78, 5) is 15.5. The summed E-state index contributed by atoms with van der Waals surface area (Å²) < 4.78 is 13.7. The molecule has 1 atom stereocenters. The van der Waals surface area contributed by atoms with Crippen LogP contribution in [0.2, 0.25) is 0 Å². The largest absolute Gasteiger partial charge is 0.325 e. The second-order valence-corrected chi connectivity index (χ2v) is 4.40. The number of hydrogen-bond donors (Lipinski definition) is 1. The van der Waals surface area contributed by atoms with Crippen molar-refractivity contribution in [3.8, 4) is 0 Å². The van der Waals surface area contributed by atoms with Crippen molar-refractivity contribution >= 4 is 11.7 Å². The van der Waals surface area contributed by atoms with Crippen molar-refractivity contribution in [2.24, 2.45) is 0 Å². The number of para-hydroxylation sites is 1. The number of benzene rings is 1. The summed E-state index contributed by atoms with van der Waals surface area (Å²) in [6.07, 6.45) is 0. The standard InChI is InChI=1S/C12H14FN3O/c13-10-3-1-2-4-11(10)16-8-9-7-14-5-6-15(9)12(16)17/h1-4,9,14H,5-8H2. The molecule has 2 aliphatic heterocycles. The molecule has 0 saturated carbocycles. The number of carbonyl (C=O) groups is 1. The monoisotopic (exact) mass is 235 g/mol. The van der Waals surface area contributed by atoms with Crippen LogP contribution < -0.4 is 10.2 Å². The van der Waals surface area contributed by atoms with Gasteiger partial charge in [-0.2, -0.15) is 0 Å². The van der Waals surface area contributed by atoms with Crippen molar-refractivity contribution in [2.75, 3.05) is 31.1 Å². The summed E-state index contributed by atoms with van der Waals surface area (Å²) in [6.45, 7) is 2.87. The van der Waals surface area contributed by atoms with Crippen molar-refractivity contribution in [2.45, 2.75) is 6.04 Å². The van der Waals surface area contributed by atoms with Gasteiger partial charge >= 0.3 is 6.03 Å². The van der Waals surface area contributed by atoms with Gasteiger partial charge in [0.15, 0.2) is 0 Å². The first kappa shape index (κ1) is 10.5. The molecule has 1 aromatic carbocycles. The maximum absolute atomic E-state index is 13.7. The number of amides is 2. The highest BCUT2D eigenvalue weighted by atomic mass is 19.1. The van der Waals surface area contributed by atoms with E-state index in [-0.39, 0.29) is 17.9 Å². The lowest BCUT2D eigenvalue weighted by Crippen LogP contribution is -2.49. The van der Waals surface area contributed by atoms with E-state index in [1.807, 2.05) is 4.90 Å². The summed E-state index contributed by atoms with van der Waals surface area (Å²) in [5.74, 6) is -0.339. The molecule has 90 valence electrons. The zero-order valence-corrected chi connectivity index (χ0v) is 9.40. The van der Waals surface area contributed by atoms with E-state index in [9.17, 15) is 9.18 Å². The fraction of sp³-hybridized carbons (Fsp3) is 0.417. The average Bonchev–Trinajstić information content (AvgIpc) is 2.68. The van der Waals surface area contributed by atoms with Gasteiger partial charge < -0.3 is 10.2 Å². The molecule has 0 aliphatic carbocycles. The van der Waals surface area contributed by atoms with Crippen molar-refractivity contribution in [3.63, 3.8) is 0 Å². The molecular weight excluding hydrogens is 221 g/mol. The number of nitrogens with one attached hydrogen (secondary N) is 1.